The van der Waals surface area contributed by atoms with Gasteiger partial charge in [0.25, 0.3) is 0 Å². The van der Waals surface area contributed by atoms with Crippen molar-refractivity contribution in [3.8, 4) is 0 Å². The fourth-order valence-corrected chi connectivity index (χ4v) is 1.50. The molecular formula is C15H19FO2. The summed E-state index contributed by atoms with van der Waals surface area (Å²) in [5, 5.41) is 0. The van der Waals surface area contributed by atoms with Gasteiger partial charge in [0.15, 0.2) is 0 Å². The minimum atomic E-state index is -0.498. The summed E-state index contributed by atoms with van der Waals surface area (Å²) in [6, 6.07) is 5.51. The first-order valence-electron chi connectivity index (χ1n) is 6.26. The molecule has 0 amide bonds. The number of esters is 1. The van der Waals surface area contributed by atoms with E-state index in [2.05, 4.69) is 6.92 Å². The molecule has 0 saturated heterocycles. The van der Waals surface area contributed by atoms with Gasteiger partial charge in [-0.1, -0.05) is 31.9 Å². The highest BCUT2D eigenvalue weighted by molar-refractivity contribution is 5.89. The van der Waals surface area contributed by atoms with Gasteiger partial charge in [0.05, 0.1) is 5.56 Å². The van der Waals surface area contributed by atoms with E-state index in [4.69, 9.17) is 4.74 Å². The van der Waals surface area contributed by atoms with Crippen molar-refractivity contribution in [3.63, 3.8) is 0 Å². The number of rotatable bonds is 6. The summed E-state index contributed by atoms with van der Waals surface area (Å²) in [5.74, 6) is -0.933. The summed E-state index contributed by atoms with van der Waals surface area (Å²) < 4.78 is 18.1. The van der Waals surface area contributed by atoms with Crippen LogP contribution in [0.3, 0.4) is 0 Å². The molecule has 0 aromatic heterocycles. The van der Waals surface area contributed by atoms with Crippen molar-refractivity contribution >= 4 is 5.97 Å². The van der Waals surface area contributed by atoms with Gasteiger partial charge >= 0.3 is 5.97 Å². The van der Waals surface area contributed by atoms with Gasteiger partial charge in [0.1, 0.15) is 11.9 Å². The standard InChI is InChI=1S/C15H19FO2/c1-3-4-5-6-8-12(2)18-15(17)13-9-7-10-14(16)11-13/h6-12H,3-5H2,1-2H3/b8-6+. The number of ether oxygens (including phenoxy) is 1. The van der Waals surface area contributed by atoms with Crippen LogP contribution in [0, 0.1) is 5.82 Å². The smallest absolute Gasteiger partial charge is 0.338 e. The summed E-state index contributed by atoms with van der Waals surface area (Å²) in [6.45, 7) is 3.92. The second kappa shape index (κ2) is 7.64. The van der Waals surface area contributed by atoms with Crippen molar-refractivity contribution in [2.75, 3.05) is 0 Å². The van der Waals surface area contributed by atoms with Crippen LogP contribution in [-0.4, -0.2) is 12.1 Å². The average Bonchev–Trinajstić information content (AvgIpc) is 2.34. The molecule has 0 spiro atoms. The molecule has 1 atom stereocenters. The normalized spacial score (nSPS) is 12.6. The molecule has 3 heteroatoms. The number of unbranched alkanes of at least 4 members (excludes halogenated alkanes) is 2. The Balaban J connectivity index is 2.47. The number of allylic oxidation sites excluding steroid dienone is 1. The molecule has 18 heavy (non-hydrogen) atoms. The van der Waals surface area contributed by atoms with Crippen LogP contribution < -0.4 is 0 Å². The van der Waals surface area contributed by atoms with Crippen molar-refractivity contribution in [2.45, 2.75) is 39.2 Å². The maximum Gasteiger partial charge on any atom is 0.338 e. The van der Waals surface area contributed by atoms with Gasteiger partial charge in [-0.3, -0.25) is 0 Å². The first-order valence-corrected chi connectivity index (χ1v) is 6.26. The number of hydrogen-bond acceptors (Lipinski definition) is 2. The molecule has 0 aliphatic rings. The number of carbonyl (C=O) groups is 1. The molecule has 0 bridgehead atoms. The van der Waals surface area contributed by atoms with E-state index in [0.29, 0.717) is 0 Å². The van der Waals surface area contributed by atoms with Crippen LogP contribution >= 0.6 is 0 Å². The van der Waals surface area contributed by atoms with E-state index in [9.17, 15) is 9.18 Å². The number of carbonyl (C=O) groups excluding carboxylic acids is 1. The first kappa shape index (κ1) is 14.4. The van der Waals surface area contributed by atoms with E-state index in [1.165, 1.54) is 18.2 Å². The van der Waals surface area contributed by atoms with E-state index >= 15 is 0 Å². The van der Waals surface area contributed by atoms with Crippen molar-refractivity contribution in [1.82, 2.24) is 0 Å². The second-order valence-electron chi connectivity index (χ2n) is 4.19. The van der Waals surface area contributed by atoms with Crippen molar-refractivity contribution in [3.05, 3.63) is 47.8 Å². The lowest BCUT2D eigenvalue weighted by Gasteiger charge is -2.09. The third-order valence-electron chi connectivity index (χ3n) is 2.48. The van der Waals surface area contributed by atoms with Gasteiger partial charge in [-0.25, -0.2) is 9.18 Å². The van der Waals surface area contributed by atoms with Crippen LogP contribution in [0.1, 0.15) is 43.5 Å². The highest BCUT2D eigenvalue weighted by atomic mass is 19.1. The summed E-state index contributed by atoms with van der Waals surface area (Å²) >= 11 is 0. The number of benzene rings is 1. The van der Waals surface area contributed by atoms with E-state index in [-0.39, 0.29) is 11.7 Å². The van der Waals surface area contributed by atoms with Gasteiger partial charge in [0.2, 0.25) is 0 Å². The Morgan fingerprint density at radius 3 is 2.94 bits per heavy atom. The summed E-state index contributed by atoms with van der Waals surface area (Å²) in [7, 11) is 0. The van der Waals surface area contributed by atoms with Crippen molar-refractivity contribution in [1.29, 1.82) is 0 Å². The second-order valence-corrected chi connectivity index (χ2v) is 4.19. The van der Waals surface area contributed by atoms with Gasteiger partial charge in [-0.05, 0) is 37.6 Å². The van der Waals surface area contributed by atoms with Gasteiger partial charge < -0.3 is 4.74 Å². The molecule has 2 nitrogen and oxygen atoms in total. The molecule has 0 fully saturated rings. The quantitative estimate of drug-likeness (QED) is 0.431. The Morgan fingerprint density at radius 2 is 2.28 bits per heavy atom. The molecule has 1 aromatic rings. The average molecular weight is 250 g/mol. The highest BCUT2D eigenvalue weighted by Gasteiger charge is 2.10. The van der Waals surface area contributed by atoms with E-state index in [1.54, 1.807) is 13.0 Å². The zero-order chi connectivity index (χ0) is 13.4. The van der Waals surface area contributed by atoms with E-state index < -0.39 is 11.8 Å². The SMILES string of the molecule is CCCC/C=C/C(C)OC(=O)c1cccc(F)c1. The predicted octanol–water partition coefficient (Wildman–Crippen LogP) is 4.12. The third-order valence-corrected chi connectivity index (χ3v) is 2.48. The fourth-order valence-electron chi connectivity index (χ4n) is 1.50. The molecule has 0 N–H and O–H groups in total. The Labute approximate surface area is 107 Å². The summed E-state index contributed by atoms with van der Waals surface area (Å²) in [4.78, 5) is 11.7. The monoisotopic (exact) mass is 250 g/mol. The lowest BCUT2D eigenvalue weighted by molar-refractivity contribution is 0.0423. The minimum absolute atomic E-state index is 0.240. The van der Waals surface area contributed by atoms with Crippen molar-refractivity contribution in [2.24, 2.45) is 0 Å². The Bertz CT molecular complexity index is 413. The number of hydrogen-bond donors (Lipinski definition) is 0. The van der Waals surface area contributed by atoms with Crippen LogP contribution in [0.4, 0.5) is 4.39 Å². The first-order chi connectivity index (χ1) is 8.63. The maximum absolute atomic E-state index is 12.9. The fraction of sp³-hybridized carbons (Fsp3) is 0.400. The topological polar surface area (TPSA) is 26.3 Å². The zero-order valence-corrected chi connectivity index (χ0v) is 10.9. The molecule has 1 unspecified atom stereocenters. The van der Waals surface area contributed by atoms with Crippen molar-refractivity contribution < 1.29 is 13.9 Å². The molecule has 0 radical (unpaired) electrons. The molecule has 1 aromatic carbocycles. The predicted molar refractivity (Wildman–Crippen MR) is 69.9 cm³/mol. The van der Waals surface area contributed by atoms with E-state index in [1.807, 2.05) is 12.2 Å². The van der Waals surface area contributed by atoms with E-state index in [0.717, 1.165) is 19.3 Å². The minimum Gasteiger partial charge on any atom is -0.455 e. The zero-order valence-electron chi connectivity index (χ0n) is 10.9. The molecule has 1 rings (SSSR count). The summed E-state index contributed by atoms with van der Waals surface area (Å²) in [6.07, 6.45) is 6.82. The molecular weight excluding hydrogens is 231 g/mol. The van der Waals surface area contributed by atoms with Crippen LogP contribution in [0.15, 0.2) is 36.4 Å². The molecule has 98 valence electrons. The van der Waals surface area contributed by atoms with Crippen LogP contribution in [-0.2, 0) is 4.74 Å². The Hall–Kier alpha value is -1.64. The molecule has 0 aliphatic heterocycles. The van der Waals surface area contributed by atoms with Gasteiger partial charge in [-0.15, -0.1) is 0 Å². The highest BCUT2D eigenvalue weighted by Crippen LogP contribution is 2.08. The lowest BCUT2D eigenvalue weighted by atomic mass is 10.2. The number of halogens is 1. The largest absolute Gasteiger partial charge is 0.455 e. The van der Waals surface area contributed by atoms with Gasteiger partial charge in [-0.2, -0.15) is 0 Å². The summed E-state index contributed by atoms with van der Waals surface area (Å²) in [5.41, 5.74) is 0.240. The van der Waals surface area contributed by atoms with Crippen LogP contribution in [0.5, 0.6) is 0 Å². The van der Waals surface area contributed by atoms with Crippen LogP contribution in [0.2, 0.25) is 0 Å². The Kier molecular flexibility index (Phi) is 6.12. The molecule has 0 heterocycles. The third kappa shape index (κ3) is 5.13. The molecule has 0 saturated carbocycles. The molecule has 0 aliphatic carbocycles. The van der Waals surface area contributed by atoms with Gasteiger partial charge in [0, 0.05) is 0 Å². The maximum atomic E-state index is 12.9. The lowest BCUT2D eigenvalue weighted by Crippen LogP contribution is -2.12. The Morgan fingerprint density at radius 1 is 1.50 bits per heavy atom. The van der Waals surface area contributed by atoms with Crippen LogP contribution in [0.25, 0.3) is 0 Å².